The van der Waals surface area contributed by atoms with Crippen LogP contribution in [0.5, 0.6) is 0 Å². The van der Waals surface area contributed by atoms with Crippen molar-refractivity contribution in [1.82, 2.24) is 0 Å². The van der Waals surface area contributed by atoms with Crippen LogP contribution in [-0.4, -0.2) is 62.7 Å². The van der Waals surface area contributed by atoms with Gasteiger partial charge in [-0.1, -0.05) is 38.5 Å². The molecule has 4 rings (SSSR count). The average Bonchev–Trinajstić information content (AvgIpc) is 3.63. The molecule has 4 fully saturated rings. The molecule has 1 heterocycles. The van der Waals surface area contributed by atoms with Crippen LogP contribution in [0.4, 0.5) is 0 Å². The molecule has 0 aromatic rings. The zero-order chi connectivity index (χ0) is 25.8. The minimum absolute atomic E-state index is 0.162. The molecule has 1 saturated heterocycles. The fourth-order valence-electron chi connectivity index (χ4n) is 6.92. The number of hydrogen-bond donors (Lipinski definition) is 0. The average molecular weight is 559 g/mol. The molecule has 0 spiro atoms. The molecule has 210 valence electrons. The second kappa shape index (κ2) is 12.7. The first kappa shape index (κ1) is 29.4. The van der Waals surface area contributed by atoms with E-state index in [1.807, 2.05) is 0 Å². The molecule has 4 aliphatic rings. The Morgan fingerprint density at radius 2 is 0.694 bits per heavy atom. The lowest BCUT2D eigenvalue weighted by Gasteiger charge is -2.57. The Morgan fingerprint density at radius 1 is 0.472 bits per heavy atom. The van der Waals surface area contributed by atoms with Gasteiger partial charge in [0, 0.05) is 16.6 Å². The van der Waals surface area contributed by atoms with Crippen LogP contribution in [0.15, 0.2) is 0 Å². The molecular formula is C27H54O6Si3. The Balaban J connectivity index is 1.81. The van der Waals surface area contributed by atoms with Gasteiger partial charge in [-0.2, -0.15) is 0 Å². The van der Waals surface area contributed by atoms with Crippen molar-refractivity contribution in [3.05, 3.63) is 0 Å². The molecule has 0 radical (unpaired) electrons. The predicted octanol–water partition coefficient (Wildman–Crippen LogP) is 7.10. The van der Waals surface area contributed by atoms with E-state index in [9.17, 15) is 0 Å². The smallest absolute Gasteiger partial charge is 0.350 e. The zero-order valence-corrected chi connectivity index (χ0v) is 27.0. The van der Waals surface area contributed by atoms with Gasteiger partial charge in [0.25, 0.3) is 0 Å². The summed E-state index contributed by atoms with van der Waals surface area (Å²) in [4.78, 5) is 0. The van der Waals surface area contributed by atoms with Crippen LogP contribution in [0.1, 0.15) is 119 Å². The van der Waals surface area contributed by atoms with Gasteiger partial charge in [-0.3, -0.25) is 0 Å². The van der Waals surface area contributed by atoms with Gasteiger partial charge < -0.3 is 26.6 Å². The lowest BCUT2D eigenvalue weighted by atomic mass is 10.4. The van der Waals surface area contributed by atoms with Crippen molar-refractivity contribution in [2.45, 2.75) is 154 Å². The summed E-state index contributed by atoms with van der Waals surface area (Å²) >= 11 is 0. The third-order valence-corrected chi connectivity index (χ3v) is 24.3. The van der Waals surface area contributed by atoms with Gasteiger partial charge in [0.15, 0.2) is 0 Å². The topological polar surface area (TPSA) is 55.4 Å². The Morgan fingerprint density at radius 3 is 0.889 bits per heavy atom. The molecule has 0 amide bonds. The van der Waals surface area contributed by atoms with E-state index in [-0.39, 0.29) is 18.3 Å². The molecule has 1 aliphatic heterocycles. The normalized spacial score (nSPS) is 35.2. The van der Waals surface area contributed by atoms with Crippen LogP contribution in [0, 0.1) is 0 Å². The molecule has 3 saturated carbocycles. The maximum Gasteiger partial charge on any atom is 0.350 e. The fourth-order valence-corrected chi connectivity index (χ4v) is 27.2. The van der Waals surface area contributed by atoms with Gasteiger partial charge in [0.1, 0.15) is 0 Å². The number of hydrogen-bond acceptors (Lipinski definition) is 6. The monoisotopic (exact) mass is 558 g/mol. The highest BCUT2D eigenvalue weighted by molar-refractivity contribution is 6.96. The summed E-state index contributed by atoms with van der Waals surface area (Å²) in [6.45, 7) is 12.9. The van der Waals surface area contributed by atoms with Crippen molar-refractivity contribution < 1.29 is 26.6 Å². The van der Waals surface area contributed by atoms with E-state index < -0.39 is 25.7 Å². The summed E-state index contributed by atoms with van der Waals surface area (Å²) in [6.07, 6.45) is 17.2. The minimum Gasteiger partial charge on any atom is -0.412 e. The Kier molecular flexibility index (Phi) is 10.4. The Hall–Kier alpha value is 0.411. The second-order valence-electron chi connectivity index (χ2n) is 12.8. The van der Waals surface area contributed by atoms with E-state index in [1.54, 1.807) is 0 Å². The van der Waals surface area contributed by atoms with Gasteiger partial charge in [-0.25, -0.2) is 0 Å². The minimum atomic E-state index is -2.75. The maximum absolute atomic E-state index is 7.61. The largest absolute Gasteiger partial charge is 0.412 e. The highest BCUT2D eigenvalue weighted by Gasteiger charge is 2.69. The van der Waals surface area contributed by atoms with Crippen LogP contribution in [0.3, 0.4) is 0 Å². The third kappa shape index (κ3) is 6.75. The second-order valence-corrected chi connectivity index (χ2v) is 23.4. The van der Waals surface area contributed by atoms with Gasteiger partial charge >= 0.3 is 25.7 Å². The van der Waals surface area contributed by atoms with E-state index in [2.05, 4.69) is 41.5 Å². The molecule has 0 aromatic heterocycles. The summed E-state index contributed by atoms with van der Waals surface area (Å²) in [5, 5.41) is 0. The SMILES string of the molecule is CC(C)OC[Si]1(C2CCCC2)O[Si](COC(C)C)(C2CCCC2)O[Si](COC(C)C)(C2CCCC2)O1. The third-order valence-electron chi connectivity index (χ3n) is 8.82. The van der Waals surface area contributed by atoms with Crippen LogP contribution in [-0.2, 0) is 26.6 Å². The first-order valence-electron chi connectivity index (χ1n) is 15.1. The first-order valence-corrected chi connectivity index (χ1v) is 21.4. The van der Waals surface area contributed by atoms with E-state index >= 15 is 0 Å². The molecule has 0 aromatic carbocycles. The van der Waals surface area contributed by atoms with Gasteiger partial charge in [0.05, 0.1) is 37.0 Å². The zero-order valence-electron chi connectivity index (χ0n) is 24.0. The maximum atomic E-state index is 7.61. The summed E-state index contributed by atoms with van der Waals surface area (Å²) in [5.41, 5.74) is 1.46. The van der Waals surface area contributed by atoms with Crippen LogP contribution < -0.4 is 0 Å². The molecular weight excluding hydrogens is 505 g/mol. The summed E-state index contributed by atoms with van der Waals surface area (Å²) in [5.74, 6) is 0. The Labute approximate surface area is 224 Å². The van der Waals surface area contributed by atoms with Crippen LogP contribution in [0.2, 0.25) is 16.6 Å². The molecule has 0 unspecified atom stereocenters. The van der Waals surface area contributed by atoms with E-state index in [0.717, 1.165) is 0 Å². The summed E-state index contributed by atoms with van der Waals surface area (Å²) in [7, 11) is -8.24. The van der Waals surface area contributed by atoms with Crippen molar-refractivity contribution in [2.75, 3.05) is 18.7 Å². The molecule has 3 aliphatic carbocycles. The molecule has 36 heavy (non-hydrogen) atoms. The molecule has 0 bridgehead atoms. The van der Waals surface area contributed by atoms with Gasteiger partial charge in [-0.05, 0) is 80.1 Å². The first-order chi connectivity index (χ1) is 17.2. The molecule has 0 atom stereocenters. The van der Waals surface area contributed by atoms with Gasteiger partial charge in [-0.15, -0.1) is 0 Å². The number of rotatable bonds is 12. The fraction of sp³-hybridized carbons (Fsp3) is 1.00. The van der Waals surface area contributed by atoms with E-state index in [4.69, 9.17) is 26.6 Å². The lowest BCUT2D eigenvalue weighted by molar-refractivity contribution is 0.0407. The van der Waals surface area contributed by atoms with E-state index in [1.165, 1.54) is 77.0 Å². The Bertz CT molecular complexity index is 576. The lowest BCUT2D eigenvalue weighted by Crippen LogP contribution is -2.78. The number of ether oxygens (including phenoxy) is 3. The highest BCUT2D eigenvalue weighted by Crippen LogP contribution is 2.54. The molecule has 0 N–H and O–H groups in total. The summed E-state index contributed by atoms with van der Waals surface area (Å²) in [6, 6.07) is 0. The van der Waals surface area contributed by atoms with Crippen molar-refractivity contribution in [3.63, 3.8) is 0 Å². The van der Waals surface area contributed by atoms with Crippen molar-refractivity contribution in [1.29, 1.82) is 0 Å². The standard InChI is InChI=1S/C27H54O6Si3/c1-22(2)28-19-34(25-13-7-8-14-25)31-35(20-29-23(3)4,26-15-9-10-16-26)33-36(32-34,21-30-24(5)6)27-17-11-12-18-27/h22-27H,7-21H2,1-6H3. The molecule has 9 heteroatoms. The van der Waals surface area contributed by atoms with Crippen molar-refractivity contribution in [2.24, 2.45) is 0 Å². The van der Waals surface area contributed by atoms with Gasteiger partial charge in [0.2, 0.25) is 0 Å². The van der Waals surface area contributed by atoms with Crippen molar-refractivity contribution in [3.8, 4) is 0 Å². The van der Waals surface area contributed by atoms with Crippen LogP contribution >= 0.6 is 0 Å². The summed E-state index contributed by atoms with van der Waals surface area (Å²) < 4.78 is 42.3. The van der Waals surface area contributed by atoms with Crippen molar-refractivity contribution >= 4 is 25.7 Å². The highest BCUT2D eigenvalue weighted by atomic mass is 28.5. The van der Waals surface area contributed by atoms with Crippen LogP contribution in [0.25, 0.3) is 0 Å². The van der Waals surface area contributed by atoms with E-state index in [0.29, 0.717) is 35.3 Å². The predicted molar refractivity (Wildman–Crippen MR) is 150 cm³/mol. The molecule has 6 nitrogen and oxygen atoms in total. The quantitative estimate of drug-likeness (QED) is 0.238.